The minimum Gasteiger partial charge on any atom is -0.218 e. The molecular formula is C17H20O2S. The summed E-state index contributed by atoms with van der Waals surface area (Å²) in [4.78, 5) is 0.876. The van der Waals surface area contributed by atoms with Crippen molar-refractivity contribution in [1.82, 2.24) is 0 Å². The van der Waals surface area contributed by atoms with Crippen LogP contribution >= 0.6 is 0 Å². The van der Waals surface area contributed by atoms with E-state index in [4.69, 9.17) is 0 Å². The van der Waals surface area contributed by atoms with Gasteiger partial charge in [-0.3, -0.25) is 0 Å². The van der Waals surface area contributed by atoms with Crippen LogP contribution in [0.3, 0.4) is 0 Å². The molecule has 2 rings (SSSR count). The molecule has 20 heavy (non-hydrogen) atoms. The quantitative estimate of drug-likeness (QED) is 0.855. The Kier molecular flexibility index (Phi) is 4.00. The molecule has 2 aromatic rings. The first-order valence-corrected chi connectivity index (χ1v) is 8.27. The van der Waals surface area contributed by atoms with Crippen molar-refractivity contribution >= 4 is 9.84 Å². The predicted molar refractivity (Wildman–Crippen MR) is 81.9 cm³/mol. The van der Waals surface area contributed by atoms with E-state index < -0.39 is 9.84 Å². The summed E-state index contributed by atoms with van der Waals surface area (Å²) in [5, 5.41) is 0. The molecule has 3 heteroatoms. The summed E-state index contributed by atoms with van der Waals surface area (Å²) in [5.74, 6) is 0. The second kappa shape index (κ2) is 5.41. The Labute approximate surface area is 121 Å². The molecular weight excluding hydrogens is 268 g/mol. The summed E-state index contributed by atoms with van der Waals surface area (Å²) in [5.41, 5.74) is 3.58. The molecule has 0 fully saturated rings. The normalized spacial score (nSPS) is 11.6. The molecule has 106 valence electrons. The number of aryl methyl sites for hydroxylation is 4. The van der Waals surface area contributed by atoms with Crippen molar-refractivity contribution in [2.45, 2.75) is 43.9 Å². The molecule has 0 atom stereocenters. The highest BCUT2D eigenvalue weighted by molar-refractivity contribution is 7.91. The number of rotatable bonds is 3. The van der Waals surface area contributed by atoms with Crippen LogP contribution in [0.4, 0.5) is 0 Å². The van der Waals surface area contributed by atoms with Gasteiger partial charge in [0, 0.05) is 0 Å². The van der Waals surface area contributed by atoms with E-state index in [0.717, 1.165) is 22.3 Å². The fourth-order valence-corrected chi connectivity index (χ4v) is 4.76. The largest absolute Gasteiger partial charge is 0.218 e. The second-order valence-corrected chi connectivity index (χ2v) is 7.05. The lowest BCUT2D eigenvalue weighted by Crippen LogP contribution is -2.09. The maximum Gasteiger partial charge on any atom is 0.207 e. The van der Waals surface area contributed by atoms with Crippen molar-refractivity contribution in [3.05, 3.63) is 58.7 Å². The summed E-state index contributed by atoms with van der Waals surface area (Å²) >= 11 is 0. The summed E-state index contributed by atoms with van der Waals surface area (Å²) in [6, 6.07) is 11.1. The van der Waals surface area contributed by atoms with Gasteiger partial charge in [0.1, 0.15) is 0 Å². The van der Waals surface area contributed by atoms with Gasteiger partial charge in [0.2, 0.25) is 9.84 Å². The first-order valence-electron chi connectivity index (χ1n) is 6.78. The van der Waals surface area contributed by atoms with E-state index in [1.165, 1.54) is 0 Å². The van der Waals surface area contributed by atoms with Gasteiger partial charge in [-0.15, -0.1) is 0 Å². The van der Waals surface area contributed by atoms with Crippen molar-refractivity contribution in [3.63, 3.8) is 0 Å². The SMILES string of the molecule is CCc1ccccc1S(=O)(=O)c1c(C)cc(C)cc1C. The van der Waals surface area contributed by atoms with Crippen LogP contribution in [0.15, 0.2) is 46.2 Å². The lowest BCUT2D eigenvalue weighted by atomic mass is 10.1. The highest BCUT2D eigenvalue weighted by Gasteiger charge is 2.24. The molecule has 0 bridgehead atoms. The molecule has 0 N–H and O–H groups in total. The molecule has 0 aromatic heterocycles. The van der Waals surface area contributed by atoms with Gasteiger partial charge in [0.15, 0.2) is 0 Å². The molecule has 2 aromatic carbocycles. The topological polar surface area (TPSA) is 34.1 Å². The monoisotopic (exact) mass is 288 g/mol. The van der Waals surface area contributed by atoms with E-state index in [-0.39, 0.29) is 0 Å². The van der Waals surface area contributed by atoms with Crippen molar-refractivity contribution in [3.8, 4) is 0 Å². The number of hydrogen-bond acceptors (Lipinski definition) is 2. The van der Waals surface area contributed by atoms with Crippen LogP contribution in [0.1, 0.15) is 29.2 Å². The fourth-order valence-electron chi connectivity index (χ4n) is 2.76. The number of sulfone groups is 1. The third-order valence-electron chi connectivity index (χ3n) is 3.52. The standard InChI is InChI=1S/C17H20O2S/c1-5-15-8-6-7-9-16(15)20(18,19)17-13(3)10-12(2)11-14(17)4/h6-11H,5H2,1-4H3. The first-order chi connectivity index (χ1) is 9.37. The first kappa shape index (κ1) is 14.8. The highest BCUT2D eigenvalue weighted by atomic mass is 32.2. The predicted octanol–water partition coefficient (Wildman–Crippen LogP) is 4.01. The van der Waals surface area contributed by atoms with Crippen LogP contribution in [-0.4, -0.2) is 8.42 Å². The Morgan fingerprint density at radius 3 is 2.05 bits per heavy atom. The van der Waals surface area contributed by atoms with Crippen LogP contribution < -0.4 is 0 Å². The molecule has 0 unspecified atom stereocenters. The maximum absolute atomic E-state index is 13.0. The molecule has 0 radical (unpaired) electrons. The van der Waals surface area contributed by atoms with Crippen LogP contribution in [0.2, 0.25) is 0 Å². The van der Waals surface area contributed by atoms with Gasteiger partial charge < -0.3 is 0 Å². The number of benzene rings is 2. The molecule has 0 amide bonds. The van der Waals surface area contributed by atoms with E-state index in [2.05, 4.69) is 0 Å². The molecule has 2 nitrogen and oxygen atoms in total. The molecule has 0 heterocycles. The zero-order valence-corrected chi connectivity index (χ0v) is 13.2. The zero-order chi connectivity index (χ0) is 14.9. The highest BCUT2D eigenvalue weighted by Crippen LogP contribution is 2.30. The second-order valence-electron chi connectivity index (χ2n) is 5.19. The molecule has 0 saturated carbocycles. The minimum absolute atomic E-state index is 0.428. The Hall–Kier alpha value is -1.61. The van der Waals surface area contributed by atoms with Crippen LogP contribution in [0, 0.1) is 20.8 Å². The van der Waals surface area contributed by atoms with E-state index in [0.29, 0.717) is 16.2 Å². The number of hydrogen-bond donors (Lipinski definition) is 0. The van der Waals surface area contributed by atoms with Crippen LogP contribution in [-0.2, 0) is 16.3 Å². The molecule has 0 aliphatic heterocycles. The van der Waals surface area contributed by atoms with E-state index in [1.54, 1.807) is 12.1 Å². The van der Waals surface area contributed by atoms with Gasteiger partial charge in [0.05, 0.1) is 9.79 Å². The van der Waals surface area contributed by atoms with E-state index >= 15 is 0 Å². The third kappa shape index (κ3) is 2.50. The molecule has 0 saturated heterocycles. The molecule has 0 aliphatic rings. The summed E-state index contributed by atoms with van der Waals surface area (Å²) in [7, 11) is -3.46. The molecule has 0 spiro atoms. The van der Waals surface area contributed by atoms with E-state index in [1.807, 2.05) is 52.0 Å². The lowest BCUT2D eigenvalue weighted by Gasteiger charge is -2.14. The van der Waals surface area contributed by atoms with Gasteiger partial charge in [-0.05, 0) is 49.9 Å². The van der Waals surface area contributed by atoms with Crippen molar-refractivity contribution in [2.75, 3.05) is 0 Å². The van der Waals surface area contributed by atoms with Gasteiger partial charge in [-0.2, -0.15) is 0 Å². The van der Waals surface area contributed by atoms with Crippen molar-refractivity contribution in [1.29, 1.82) is 0 Å². The Balaban J connectivity index is 2.74. The van der Waals surface area contributed by atoms with Crippen molar-refractivity contribution < 1.29 is 8.42 Å². The summed E-state index contributed by atoms with van der Waals surface area (Å²) in [6.45, 7) is 7.68. The maximum atomic E-state index is 13.0. The summed E-state index contributed by atoms with van der Waals surface area (Å²) in [6.07, 6.45) is 0.708. The zero-order valence-electron chi connectivity index (χ0n) is 12.4. The average Bonchev–Trinajstić information content (AvgIpc) is 2.37. The summed E-state index contributed by atoms with van der Waals surface area (Å²) < 4.78 is 25.9. The third-order valence-corrected chi connectivity index (χ3v) is 5.68. The Morgan fingerprint density at radius 1 is 0.950 bits per heavy atom. The lowest BCUT2D eigenvalue weighted by molar-refractivity contribution is 0.593. The fraction of sp³-hybridized carbons (Fsp3) is 0.294. The smallest absolute Gasteiger partial charge is 0.207 e. The molecule has 0 aliphatic carbocycles. The van der Waals surface area contributed by atoms with Crippen LogP contribution in [0.25, 0.3) is 0 Å². The van der Waals surface area contributed by atoms with Gasteiger partial charge >= 0.3 is 0 Å². The Morgan fingerprint density at radius 2 is 1.50 bits per heavy atom. The van der Waals surface area contributed by atoms with Gasteiger partial charge in [-0.1, -0.05) is 42.8 Å². The minimum atomic E-state index is -3.46. The van der Waals surface area contributed by atoms with Gasteiger partial charge in [0.25, 0.3) is 0 Å². The average molecular weight is 288 g/mol. The van der Waals surface area contributed by atoms with Crippen molar-refractivity contribution in [2.24, 2.45) is 0 Å². The van der Waals surface area contributed by atoms with Crippen LogP contribution in [0.5, 0.6) is 0 Å². The Bertz CT molecular complexity index is 720. The van der Waals surface area contributed by atoms with E-state index in [9.17, 15) is 8.42 Å². The van der Waals surface area contributed by atoms with Gasteiger partial charge in [-0.25, -0.2) is 8.42 Å².